The highest BCUT2D eigenvalue weighted by molar-refractivity contribution is 9.10. The van der Waals surface area contributed by atoms with Crippen molar-refractivity contribution in [2.45, 2.75) is 65.3 Å². The average Bonchev–Trinajstić information content (AvgIpc) is 2.41. The molecule has 27 heavy (non-hydrogen) atoms. The van der Waals surface area contributed by atoms with Crippen molar-refractivity contribution in [1.29, 1.82) is 0 Å². The van der Waals surface area contributed by atoms with Crippen LogP contribution in [-0.4, -0.2) is 28.8 Å². The highest BCUT2D eigenvalue weighted by Crippen LogP contribution is 2.36. The van der Waals surface area contributed by atoms with Gasteiger partial charge in [-0.2, -0.15) is 13.2 Å². The molecule has 0 aromatic carbocycles. The van der Waals surface area contributed by atoms with Gasteiger partial charge in [0, 0.05) is 10.7 Å². The summed E-state index contributed by atoms with van der Waals surface area (Å²) in [5, 5.41) is 2.72. The summed E-state index contributed by atoms with van der Waals surface area (Å²) in [5.74, 6) is -0.375. The maximum atomic E-state index is 13.2. The van der Waals surface area contributed by atoms with E-state index < -0.39 is 34.9 Å². The Labute approximate surface area is 166 Å². The third kappa shape index (κ3) is 8.36. The van der Waals surface area contributed by atoms with E-state index in [1.807, 2.05) is 13.8 Å². The fraction of sp³-hybridized carbons (Fsp3) is 0.667. The predicted octanol–water partition coefficient (Wildman–Crippen LogP) is 5.57. The maximum Gasteiger partial charge on any atom is 0.421 e. The lowest BCUT2D eigenvalue weighted by atomic mass is 9.91. The summed E-state index contributed by atoms with van der Waals surface area (Å²) in [6.07, 6.45) is -3.57. The van der Waals surface area contributed by atoms with Gasteiger partial charge in [-0.25, -0.2) is 9.78 Å². The molecule has 0 saturated heterocycles. The van der Waals surface area contributed by atoms with Crippen molar-refractivity contribution in [3.63, 3.8) is 0 Å². The Morgan fingerprint density at radius 3 is 2.33 bits per heavy atom. The topological polar surface area (TPSA) is 60.5 Å². The molecule has 1 aromatic heterocycles. The molecule has 1 atom stereocenters. The molecule has 0 fully saturated rings. The number of alkyl halides is 3. The summed E-state index contributed by atoms with van der Waals surface area (Å²) >= 11 is 2.98. The molecule has 0 unspecified atom stereocenters. The SMILES string of the molecule is CC(C)C[C@@](C)(COc1ncc(Br)cc1C(F)(F)F)NC(=O)OC(C)(C)C. The number of aromatic nitrogens is 1. The standard InChI is InChI=1S/C18H26BrF3N2O3/c1-11(2)8-17(6,24-15(25)27-16(3,4)5)10-26-14-13(18(20,21)22)7-12(19)9-23-14/h7,9,11H,8,10H2,1-6H3,(H,24,25)/t17-/m0/s1. The molecule has 1 heterocycles. The van der Waals surface area contributed by atoms with Crippen molar-refractivity contribution in [2.75, 3.05) is 6.61 Å². The fourth-order valence-electron chi connectivity index (χ4n) is 2.57. The second kappa shape index (κ2) is 8.67. The molecular formula is C18H26BrF3N2O3. The van der Waals surface area contributed by atoms with Crippen molar-refractivity contribution in [1.82, 2.24) is 10.3 Å². The van der Waals surface area contributed by atoms with E-state index in [0.29, 0.717) is 6.42 Å². The lowest BCUT2D eigenvalue weighted by Gasteiger charge is -2.33. The van der Waals surface area contributed by atoms with E-state index in [4.69, 9.17) is 9.47 Å². The van der Waals surface area contributed by atoms with Gasteiger partial charge in [0.1, 0.15) is 17.8 Å². The molecule has 154 valence electrons. The zero-order valence-corrected chi connectivity index (χ0v) is 17.9. The lowest BCUT2D eigenvalue weighted by molar-refractivity contribution is -0.139. The fourth-order valence-corrected chi connectivity index (χ4v) is 2.90. The number of hydrogen-bond acceptors (Lipinski definition) is 4. The van der Waals surface area contributed by atoms with Gasteiger partial charge in [-0.1, -0.05) is 13.8 Å². The minimum Gasteiger partial charge on any atom is -0.475 e. The van der Waals surface area contributed by atoms with Crippen LogP contribution in [0.1, 0.15) is 53.5 Å². The molecule has 0 spiro atoms. The second-order valence-electron chi connectivity index (χ2n) is 8.08. The van der Waals surface area contributed by atoms with Crippen LogP contribution in [0.3, 0.4) is 0 Å². The smallest absolute Gasteiger partial charge is 0.421 e. The molecule has 1 aromatic rings. The highest BCUT2D eigenvalue weighted by atomic mass is 79.9. The van der Waals surface area contributed by atoms with Crippen molar-refractivity contribution in [3.05, 3.63) is 22.3 Å². The van der Waals surface area contributed by atoms with Crippen LogP contribution in [0, 0.1) is 5.92 Å². The van der Waals surface area contributed by atoms with E-state index in [1.54, 1.807) is 27.7 Å². The molecule has 0 aliphatic rings. The third-order valence-electron chi connectivity index (χ3n) is 3.31. The average molecular weight is 455 g/mol. The maximum absolute atomic E-state index is 13.2. The molecule has 0 bridgehead atoms. The highest BCUT2D eigenvalue weighted by Gasteiger charge is 2.37. The molecule has 1 rings (SSSR count). The van der Waals surface area contributed by atoms with Gasteiger partial charge in [-0.05, 0) is 62.0 Å². The summed E-state index contributed by atoms with van der Waals surface area (Å²) in [5.41, 5.74) is -2.62. The van der Waals surface area contributed by atoms with Crippen LogP contribution in [0.5, 0.6) is 5.88 Å². The van der Waals surface area contributed by atoms with E-state index in [9.17, 15) is 18.0 Å². The third-order valence-corrected chi connectivity index (χ3v) is 3.75. The van der Waals surface area contributed by atoms with Crippen molar-refractivity contribution in [3.8, 4) is 5.88 Å². The number of carbonyl (C=O) groups is 1. The number of ether oxygens (including phenoxy) is 2. The number of hydrogen-bond donors (Lipinski definition) is 1. The number of alkyl carbamates (subject to hydrolysis) is 1. The molecule has 5 nitrogen and oxygen atoms in total. The Morgan fingerprint density at radius 2 is 1.85 bits per heavy atom. The number of rotatable bonds is 6. The van der Waals surface area contributed by atoms with Crippen molar-refractivity contribution >= 4 is 22.0 Å². The van der Waals surface area contributed by atoms with E-state index >= 15 is 0 Å². The number of halogens is 4. The number of nitrogens with one attached hydrogen (secondary N) is 1. The predicted molar refractivity (Wildman–Crippen MR) is 99.7 cm³/mol. The van der Waals surface area contributed by atoms with E-state index in [2.05, 4.69) is 26.2 Å². The minimum atomic E-state index is -4.61. The van der Waals surface area contributed by atoms with E-state index in [1.165, 1.54) is 6.20 Å². The summed E-state index contributed by atoms with van der Waals surface area (Å²) in [6, 6.07) is 0.906. The van der Waals surface area contributed by atoms with Crippen molar-refractivity contribution < 1.29 is 27.4 Å². The monoisotopic (exact) mass is 454 g/mol. The molecule has 0 aliphatic carbocycles. The molecule has 0 radical (unpaired) electrons. The molecule has 0 saturated carbocycles. The normalized spacial score (nSPS) is 14.6. The van der Waals surface area contributed by atoms with Crippen LogP contribution in [0.15, 0.2) is 16.7 Å². The van der Waals surface area contributed by atoms with Gasteiger partial charge in [-0.15, -0.1) is 0 Å². The van der Waals surface area contributed by atoms with Crippen LogP contribution >= 0.6 is 15.9 Å². The number of pyridine rings is 1. The first-order valence-electron chi connectivity index (χ1n) is 8.48. The molecular weight excluding hydrogens is 429 g/mol. The van der Waals surface area contributed by atoms with Gasteiger partial charge in [-0.3, -0.25) is 0 Å². The first-order chi connectivity index (χ1) is 12.1. The largest absolute Gasteiger partial charge is 0.475 e. The van der Waals surface area contributed by atoms with Crippen LogP contribution in [0.25, 0.3) is 0 Å². The van der Waals surface area contributed by atoms with Gasteiger partial charge < -0.3 is 14.8 Å². The second-order valence-corrected chi connectivity index (χ2v) is 8.99. The Balaban J connectivity index is 3.00. The first kappa shape index (κ1) is 23.5. The van der Waals surface area contributed by atoms with Crippen LogP contribution < -0.4 is 10.1 Å². The van der Waals surface area contributed by atoms with Crippen LogP contribution in [-0.2, 0) is 10.9 Å². The Kier molecular flexibility index (Phi) is 7.55. The summed E-state index contributed by atoms with van der Waals surface area (Å²) in [7, 11) is 0. The van der Waals surface area contributed by atoms with Gasteiger partial charge in [0.05, 0.1) is 5.54 Å². The van der Waals surface area contributed by atoms with Crippen LogP contribution in [0.4, 0.5) is 18.0 Å². The number of carbonyl (C=O) groups excluding carboxylic acids is 1. The first-order valence-corrected chi connectivity index (χ1v) is 9.27. The summed E-state index contributed by atoms with van der Waals surface area (Å²) < 4.78 is 50.5. The number of amides is 1. The zero-order chi connectivity index (χ0) is 21.0. The Hall–Kier alpha value is -1.51. The molecule has 0 aliphatic heterocycles. The van der Waals surface area contributed by atoms with Crippen LogP contribution in [0.2, 0.25) is 0 Å². The van der Waals surface area contributed by atoms with E-state index in [-0.39, 0.29) is 17.0 Å². The minimum absolute atomic E-state index is 0.161. The quantitative estimate of drug-likeness (QED) is 0.609. The van der Waals surface area contributed by atoms with Gasteiger partial charge in [0.2, 0.25) is 5.88 Å². The lowest BCUT2D eigenvalue weighted by Crippen LogP contribution is -2.52. The van der Waals surface area contributed by atoms with Gasteiger partial charge in [0.15, 0.2) is 0 Å². The van der Waals surface area contributed by atoms with E-state index in [0.717, 1.165) is 6.07 Å². The zero-order valence-electron chi connectivity index (χ0n) is 16.3. The number of nitrogens with zero attached hydrogens (tertiary/aromatic N) is 1. The summed E-state index contributed by atoms with van der Waals surface area (Å²) in [6.45, 7) is 10.6. The summed E-state index contributed by atoms with van der Waals surface area (Å²) in [4.78, 5) is 15.9. The van der Waals surface area contributed by atoms with Gasteiger partial charge in [0.25, 0.3) is 0 Å². The Bertz CT molecular complexity index is 660. The molecule has 1 amide bonds. The molecule has 9 heteroatoms. The molecule has 1 N–H and O–H groups in total. The van der Waals surface area contributed by atoms with Gasteiger partial charge >= 0.3 is 12.3 Å². The van der Waals surface area contributed by atoms with Crippen molar-refractivity contribution in [2.24, 2.45) is 5.92 Å². The Morgan fingerprint density at radius 1 is 1.26 bits per heavy atom.